The summed E-state index contributed by atoms with van der Waals surface area (Å²) in [4.78, 5) is 22.2. The van der Waals surface area contributed by atoms with E-state index >= 15 is 0 Å². The number of aliphatic carboxylic acids is 1. The topological polar surface area (TPSA) is 111 Å². The summed E-state index contributed by atoms with van der Waals surface area (Å²) in [6.45, 7) is 0.291. The van der Waals surface area contributed by atoms with Gasteiger partial charge < -0.3 is 25.6 Å². The summed E-state index contributed by atoms with van der Waals surface area (Å²) in [6, 6.07) is -1.86. The molecule has 0 saturated heterocycles. The summed E-state index contributed by atoms with van der Waals surface area (Å²) >= 11 is 0. The Balaban J connectivity index is 4.17. The highest BCUT2D eigenvalue weighted by Crippen LogP contribution is 1.94. The standard InChI is InChI=1S/C9H18N2O5/c1-15-4-3-7(9(13)14)11-8(12)6(10)5-16-2/h6-7H,3-5,10H2,1-2H3,(H,11,12)(H,13,14). The van der Waals surface area contributed by atoms with Gasteiger partial charge in [-0.2, -0.15) is 0 Å². The van der Waals surface area contributed by atoms with E-state index in [4.69, 9.17) is 15.6 Å². The number of rotatable bonds is 8. The minimum atomic E-state index is -1.12. The fraction of sp³-hybridized carbons (Fsp3) is 0.778. The smallest absolute Gasteiger partial charge is 0.326 e. The van der Waals surface area contributed by atoms with Crippen LogP contribution < -0.4 is 11.1 Å². The van der Waals surface area contributed by atoms with Crippen molar-refractivity contribution in [1.82, 2.24) is 5.32 Å². The van der Waals surface area contributed by atoms with Gasteiger partial charge >= 0.3 is 5.97 Å². The molecule has 0 aliphatic heterocycles. The number of nitrogens with one attached hydrogen (secondary N) is 1. The Bertz CT molecular complexity index is 234. The molecule has 2 atom stereocenters. The van der Waals surface area contributed by atoms with Crippen molar-refractivity contribution in [3.8, 4) is 0 Å². The Morgan fingerprint density at radius 1 is 1.38 bits per heavy atom. The molecule has 0 rings (SSSR count). The number of carbonyl (C=O) groups excluding carboxylic acids is 1. The summed E-state index contributed by atoms with van der Waals surface area (Å²) in [7, 11) is 2.87. The molecule has 0 aliphatic rings. The second-order valence-electron chi connectivity index (χ2n) is 3.24. The molecule has 0 aromatic heterocycles. The molecule has 4 N–H and O–H groups in total. The van der Waals surface area contributed by atoms with Gasteiger partial charge in [0.25, 0.3) is 0 Å². The van der Waals surface area contributed by atoms with Crippen molar-refractivity contribution in [3.63, 3.8) is 0 Å². The van der Waals surface area contributed by atoms with Crippen molar-refractivity contribution in [2.75, 3.05) is 27.4 Å². The zero-order valence-electron chi connectivity index (χ0n) is 9.43. The van der Waals surface area contributed by atoms with Gasteiger partial charge in [-0.3, -0.25) is 4.79 Å². The molecule has 0 saturated carbocycles. The molecule has 7 heteroatoms. The van der Waals surface area contributed by atoms with Crippen LogP contribution in [0.5, 0.6) is 0 Å². The van der Waals surface area contributed by atoms with Crippen LogP contribution in [0.3, 0.4) is 0 Å². The van der Waals surface area contributed by atoms with E-state index in [2.05, 4.69) is 10.1 Å². The number of carboxylic acids is 1. The van der Waals surface area contributed by atoms with Crippen LogP contribution >= 0.6 is 0 Å². The maximum Gasteiger partial charge on any atom is 0.326 e. The molecule has 0 bridgehead atoms. The van der Waals surface area contributed by atoms with Gasteiger partial charge in [-0.1, -0.05) is 0 Å². The van der Waals surface area contributed by atoms with E-state index in [1.165, 1.54) is 14.2 Å². The number of ether oxygens (including phenoxy) is 2. The Labute approximate surface area is 93.9 Å². The molecule has 16 heavy (non-hydrogen) atoms. The van der Waals surface area contributed by atoms with Crippen molar-refractivity contribution in [3.05, 3.63) is 0 Å². The first-order valence-corrected chi connectivity index (χ1v) is 4.79. The molecule has 0 aromatic carbocycles. The van der Waals surface area contributed by atoms with Gasteiger partial charge in [-0.25, -0.2) is 4.79 Å². The Hall–Kier alpha value is -1.18. The van der Waals surface area contributed by atoms with Crippen LogP contribution in [-0.4, -0.2) is 56.5 Å². The fourth-order valence-electron chi connectivity index (χ4n) is 1.03. The van der Waals surface area contributed by atoms with Crippen molar-refractivity contribution >= 4 is 11.9 Å². The first-order chi connectivity index (χ1) is 7.52. The molecular formula is C9H18N2O5. The van der Waals surface area contributed by atoms with Crippen molar-refractivity contribution in [2.24, 2.45) is 5.73 Å². The molecule has 0 aliphatic carbocycles. The van der Waals surface area contributed by atoms with Crippen LogP contribution in [0.4, 0.5) is 0 Å². The second-order valence-corrected chi connectivity index (χ2v) is 3.24. The second kappa shape index (κ2) is 8.03. The van der Waals surface area contributed by atoms with E-state index < -0.39 is 24.0 Å². The molecule has 0 fully saturated rings. The van der Waals surface area contributed by atoms with Crippen molar-refractivity contribution in [2.45, 2.75) is 18.5 Å². The number of hydrogen-bond donors (Lipinski definition) is 3. The van der Waals surface area contributed by atoms with Crippen LogP contribution in [0.25, 0.3) is 0 Å². The van der Waals surface area contributed by atoms with Gasteiger partial charge in [0.1, 0.15) is 12.1 Å². The molecule has 0 heterocycles. The SMILES string of the molecule is COCCC(NC(=O)C(N)COC)C(=O)O. The molecular weight excluding hydrogens is 216 g/mol. The average Bonchev–Trinajstić information content (AvgIpc) is 2.23. The lowest BCUT2D eigenvalue weighted by molar-refractivity contribution is -0.142. The molecule has 1 amide bonds. The van der Waals surface area contributed by atoms with Gasteiger partial charge in [0.05, 0.1) is 6.61 Å². The summed E-state index contributed by atoms with van der Waals surface area (Å²) in [5, 5.41) is 11.1. The number of carboxylic acid groups (broad SMARTS) is 1. The highest BCUT2D eigenvalue weighted by Gasteiger charge is 2.22. The van der Waals surface area contributed by atoms with Crippen LogP contribution in [0.1, 0.15) is 6.42 Å². The largest absolute Gasteiger partial charge is 0.480 e. The summed E-state index contributed by atoms with van der Waals surface area (Å²) in [5.41, 5.74) is 5.44. The van der Waals surface area contributed by atoms with Crippen LogP contribution in [0.15, 0.2) is 0 Å². The van der Waals surface area contributed by atoms with Gasteiger partial charge in [-0.15, -0.1) is 0 Å². The summed E-state index contributed by atoms with van der Waals surface area (Å²) < 4.78 is 9.43. The first-order valence-electron chi connectivity index (χ1n) is 4.79. The van der Waals surface area contributed by atoms with E-state index in [1.54, 1.807) is 0 Å². The molecule has 7 nitrogen and oxygen atoms in total. The number of amides is 1. The van der Waals surface area contributed by atoms with Crippen molar-refractivity contribution in [1.29, 1.82) is 0 Å². The lowest BCUT2D eigenvalue weighted by Crippen LogP contribution is -2.50. The van der Waals surface area contributed by atoms with Crippen LogP contribution in [0, 0.1) is 0 Å². The quantitative estimate of drug-likeness (QED) is 0.474. The lowest BCUT2D eigenvalue weighted by Gasteiger charge is -2.16. The van der Waals surface area contributed by atoms with E-state index in [0.29, 0.717) is 0 Å². The number of nitrogens with two attached hydrogens (primary N) is 1. The summed E-state index contributed by atoms with van der Waals surface area (Å²) in [6.07, 6.45) is 0.192. The van der Waals surface area contributed by atoms with Gasteiger partial charge in [0.2, 0.25) is 5.91 Å². The normalized spacial score (nSPS) is 14.2. The predicted octanol–water partition coefficient (Wildman–Crippen LogP) is -1.43. The van der Waals surface area contributed by atoms with Gasteiger partial charge in [0, 0.05) is 27.2 Å². The molecule has 2 unspecified atom stereocenters. The highest BCUT2D eigenvalue weighted by atomic mass is 16.5. The number of methoxy groups -OCH3 is 2. The Morgan fingerprint density at radius 2 is 2.00 bits per heavy atom. The average molecular weight is 234 g/mol. The third-order valence-electron chi connectivity index (χ3n) is 1.91. The molecule has 0 spiro atoms. The zero-order chi connectivity index (χ0) is 12.6. The fourth-order valence-corrected chi connectivity index (χ4v) is 1.03. The van der Waals surface area contributed by atoms with Crippen molar-refractivity contribution < 1.29 is 24.2 Å². The van der Waals surface area contributed by atoms with E-state index in [1.807, 2.05) is 0 Å². The lowest BCUT2D eigenvalue weighted by atomic mass is 10.2. The highest BCUT2D eigenvalue weighted by molar-refractivity contribution is 5.86. The van der Waals surface area contributed by atoms with Crippen LogP contribution in [-0.2, 0) is 19.1 Å². The molecule has 0 radical (unpaired) electrons. The number of carbonyl (C=O) groups is 2. The maximum atomic E-state index is 11.4. The van der Waals surface area contributed by atoms with Gasteiger partial charge in [0.15, 0.2) is 0 Å². The zero-order valence-corrected chi connectivity index (χ0v) is 9.43. The Morgan fingerprint density at radius 3 is 2.44 bits per heavy atom. The molecule has 94 valence electrons. The summed E-state index contributed by atoms with van der Waals surface area (Å²) in [5.74, 6) is -1.67. The number of hydrogen-bond acceptors (Lipinski definition) is 5. The third kappa shape index (κ3) is 5.64. The van der Waals surface area contributed by atoms with E-state index in [0.717, 1.165) is 0 Å². The monoisotopic (exact) mass is 234 g/mol. The Kier molecular flexibility index (Phi) is 7.44. The minimum Gasteiger partial charge on any atom is -0.480 e. The predicted molar refractivity (Wildman–Crippen MR) is 55.9 cm³/mol. The maximum absolute atomic E-state index is 11.4. The van der Waals surface area contributed by atoms with E-state index in [-0.39, 0.29) is 19.6 Å². The van der Waals surface area contributed by atoms with Crippen LogP contribution in [0.2, 0.25) is 0 Å². The first kappa shape index (κ1) is 14.8. The van der Waals surface area contributed by atoms with E-state index in [9.17, 15) is 9.59 Å². The third-order valence-corrected chi connectivity index (χ3v) is 1.91. The van der Waals surface area contributed by atoms with Gasteiger partial charge in [-0.05, 0) is 0 Å². The molecule has 0 aromatic rings. The minimum absolute atomic E-state index is 0.0441.